The van der Waals surface area contributed by atoms with Crippen LogP contribution in [0.5, 0.6) is 0 Å². The van der Waals surface area contributed by atoms with Gasteiger partial charge in [-0.15, -0.1) is 0 Å². The van der Waals surface area contributed by atoms with E-state index in [1.54, 1.807) is 31.7 Å². The van der Waals surface area contributed by atoms with Crippen LogP contribution in [-0.4, -0.2) is 27.1 Å². The predicted molar refractivity (Wildman–Crippen MR) is 155 cm³/mol. The Morgan fingerprint density at radius 2 is 1.58 bits per heavy atom. The first kappa shape index (κ1) is 27.8. The van der Waals surface area contributed by atoms with Crippen molar-refractivity contribution in [1.29, 1.82) is 5.26 Å². The van der Waals surface area contributed by atoms with Crippen LogP contribution in [0.2, 0.25) is 10.0 Å². The van der Waals surface area contributed by atoms with Gasteiger partial charge in [0.25, 0.3) is 0 Å². The molecule has 0 amide bonds. The van der Waals surface area contributed by atoms with Gasteiger partial charge in [0.1, 0.15) is 6.07 Å². The molecule has 38 heavy (non-hydrogen) atoms. The lowest BCUT2D eigenvalue weighted by Crippen LogP contribution is -2.50. The minimum Gasteiger partial charge on any atom is -0.268 e. The van der Waals surface area contributed by atoms with Crippen molar-refractivity contribution in [2.24, 2.45) is 11.3 Å². The molecule has 0 atom stereocenters. The van der Waals surface area contributed by atoms with Crippen molar-refractivity contribution >= 4 is 23.2 Å². The molecule has 2 heterocycles. The summed E-state index contributed by atoms with van der Waals surface area (Å²) in [7, 11) is 0. The zero-order chi connectivity index (χ0) is 26.8. The monoisotopic (exact) mass is 553 g/mol. The predicted octanol–water partition coefficient (Wildman–Crippen LogP) is 8.51. The summed E-state index contributed by atoms with van der Waals surface area (Å²) in [6.07, 6.45) is 20.3. The minimum absolute atomic E-state index is 0.139. The molecule has 4 aliphatic rings. The SMILES string of the molecule is C1CCC2(CC1)CCCC2.Cc1nc(C2CCC3(CCCN3N)CC2)c(C#N)nc1-c1cccc(Cl)c1Cl. The van der Waals surface area contributed by atoms with Crippen LogP contribution >= 0.6 is 23.2 Å². The first-order chi connectivity index (χ1) is 18.4. The van der Waals surface area contributed by atoms with Crippen molar-refractivity contribution in [2.75, 3.05) is 6.54 Å². The molecule has 0 radical (unpaired) electrons. The number of aryl methyl sites for hydroxylation is 1. The van der Waals surface area contributed by atoms with Crippen molar-refractivity contribution in [2.45, 2.75) is 115 Å². The standard InChI is InChI=1S/C21H23Cl2N5.C10H18/c1-13-19(15-4-2-5-16(22)18(15)23)27-17(12-24)20(26-13)14-6-9-21(10-7-14)8-3-11-28(21)25;1-2-6-10(7-3-1)8-4-5-9-10/h2,4-5,14H,3,6-11,25H2,1H3;1-9H2. The summed E-state index contributed by atoms with van der Waals surface area (Å²) >= 11 is 12.5. The lowest BCUT2D eigenvalue weighted by molar-refractivity contribution is 0.0860. The second-order valence-electron chi connectivity index (χ2n) is 12.2. The van der Waals surface area contributed by atoms with Crippen molar-refractivity contribution in [1.82, 2.24) is 15.0 Å². The molecule has 0 bridgehead atoms. The van der Waals surface area contributed by atoms with Crippen LogP contribution in [0.4, 0.5) is 0 Å². The van der Waals surface area contributed by atoms with Crippen molar-refractivity contribution < 1.29 is 0 Å². The maximum Gasteiger partial charge on any atom is 0.162 e. The van der Waals surface area contributed by atoms with Gasteiger partial charge < -0.3 is 0 Å². The molecule has 4 fully saturated rings. The molecule has 2 N–H and O–H groups in total. The summed E-state index contributed by atoms with van der Waals surface area (Å²) in [5.74, 6) is 6.49. The number of nitrogens with zero attached hydrogens (tertiary/aromatic N) is 4. The number of hydrazine groups is 1. The molecule has 5 nitrogen and oxygen atoms in total. The van der Waals surface area contributed by atoms with E-state index in [4.69, 9.17) is 34.0 Å². The normalized spacial score (nSPS) is 26.8. The molecule has 1 aromatic heterocycles. The maximum absolute atomic E-state index is 9.74. The molecule has 2 spiro atoms. The third-order valence-corrected chi connectivity index (χ3v) is 10.8. The molecule has 3 saturated carbocycles. The van der Waals surface area contributed by atoms with Gasteiger partial charge in [-0.2, -0.15) is 5.26 Å². The summed E-state index contributed by atoms with van der Waals surface area (Å²) in [4.78, 5) is 9.46. The fraction of sp³-hybridized carbons (Fsp3) is 0.645. The van der Waals surface area contributed by atoms with Gasteiger partial charge in [-0.25, -0.2) is 9.99 Å². The number of nitriles is 1. The molecular formula is C31H41Cl2N5. The first-order valence-electron chi connectivity index (χ1n) is 14.6. The highest BCUT2D eigenvalue weighted by atomic mass is 35.5. The van der Waals surface area contributed by atoms with Crippen LogP contribution < -0.4 is 5.84 Å². The Morgan fingerprint density at radius 3 is 2.18 bits per heavy atom. The van der Waals surface area contributed by atoms with Gasteiger partial charge >= 0.3 is 0 Å². The van der Waals surface area contributed by atoms with Gasteiger partial charge in [0.05, 0.1) is 27.1 Å². The average Bonchev–Trinajstić information content (AvgIpc) is 3.53. The molecular weight excluding hydrogens is 513 g/mol. The molecule has 1 aliphatic heterocycles. The highest BCUT2D eigenvalue weighted by Crippen LogP contribution is 2.49. The number of hydrogen-bond acceptors (Lipinski definition) is 5. The topological polar surface area (TPSA) is 78.8 Å². The molecule has 204 valence electrons. The van der Waals surface area contributed by atoms with Crippen LogP contribution in [0.25, 0.3) is 11.3 Å². The lowest BCUT2D eigenvalue weighted by Gasteiger charge is -2.41. The smallest absolute Gasteiger partial charge is 0.162 e. The molecule has 0 unspecified atom stereocenters. The summed E-state index contributed by atoms with van der Waals surface area (Å²) in [5, 5.41) is 12.7. The summed E-state index contributed by atoms with van der Waals surface area (Å²) < 4.78 is 0. The van der Waals surface area contributed by atoms with Crippen molar-refractivity contribution in [3.05, 3.63) is 45.3 Å². The van der Waals surface area contributed by atoms with E-state index in [0.717, 1.165) is 55.5 Å². The third-order valence-electron chi connectivity index (χ3n) is 9.94. The van der Waals surface area contributed by atoms with Crippen molar-refractivity contribution in [3.63, 3.8) is 0 Å². The van der Waals surface area contributed by atoms with E-state index in [2.05, 4.69) is 11.1 Å². The molecule has 1 aromatic carbocycles. The highest BCUT2D eigenvalue weighted by molar-refractivity contribution is 6.43. The fourth-order valence-corrected chi connectivity index (χ4v) is 8.09. The Labute approximate surface area is 238 Å². The average molecular weight is 555 g/mol. The third kappa shape index (κ3) is 5.61. The van der Waals surface area contributed by atoms with E-state index < -0.39 is 0 Å². The summed E-state index contributed by atoms with van der Waals surface area (Å²) in [6, 6.07) is 7.66. The zero-order valence-electron chi connectivity index (χ0n) is 22.7. The van der Waals surface area contributed by atoms with Gasteiger partial charge in [-0.3, -0.25) is 10.8 Å². The quantitative estimate of drug-likeness (QED) is 0.377. The molecule has 3 aliphatic carbocycles. The number of halogens is 2. The zero-order valence-corrected chi connectivity index (χ0v) is 24.3. The van der Waals surface area contributed by atoms with E-state index in [1.165, 1.54) is 38.5 Å². The number of nitrogens with two attached hydrogens (primary N) is 1. The Balaban J connectivity index is 0.000000244. The van der Waals surface area contributed by atoms with Crippen LogP contribution in [0.15, 0.2) is 18.2 Å². The maximum atomic E-state index is 9.74. The fourth-order valence-electron chi connectivity index (χ4n) is 7.70. The molecule has 2 aromatic rings. The minimum atomic E-state index is 0.139. The van der Waals surface area contributed by atoms with Gasteiger partial charge in [0, 0.05) is 23.6 Å². The molecule has 1 saturated heterocycles. The van der Waals surface area contributed by atoms with E-state index in [9.17, 15) is 5.26 Å². The lowest BCUT2D eigenvalue weighted by atomic mass is 9.73. The number of hydrogen-bond donors (Lipinski definition) is 1. The van der Waals surface area contributed by atoms with Crippen LogP contribution in [0.1, 0.15) is 119 Å². The van der Waals surface area contributed by atoms with Gasteiger partial charge in [0.2, 0.25) is 0 Å². The van der Waals surface area contributed by atoms with E-state index >= 15 is 0 Å². The second kappa shape index (κ2) is 11.8. The Morgan fingerprint density at radius 1 is 0.921 bits per heavy atom. The van der Waals surface area contributed by atoms with Gasteiger partial charge in [-0.05, 0) is 82.6 Å². The first-order valence-corrected chi connectivity index (χ1v) is 15.4. The van der Waals surface area contributed by atoms with E-state index in [-0.39, 0.29) is 11.5 Å². The van der Waals surface area contributed by atoms with Crippen molar-refractivity contribution in [3.8, 4) is 17.3 Å². The van der Waals surface area contributed by atoms with Gasteiger partial charge in [0.15, 0.2) is 5.69 Å². The Hall–Kier alpha value is -1.71. The number of rotatable bonds is 2. The second-order valence-corrected chi connectivity index (χ2v) is 13.0. The van der Waals surface area contributed by atoms with Crippen LogP contribution in [-0.2, 0) is 0 Å². The largest absolute Gasteiger partial charge is 0.268 e. The van der Waals surface area contributed by atoms with Gasteiger partial charge in [-0.1, -0.05) is 67.4 Å². The number of aromatic nitrogens is 2. The van der Waals surface area contributed by atoms with E-state index in [0.29, 0.717) is 27.0 Å². The van der Waals surface area contributed by atoms with E-state index in [1.807, 2.05) is 24.1 Å². The highest BCUT2D eigenvalue weighted by Gasteiger charge is 2.43. The number of benzene rings is 1. The van der Waals surface area contributed by atoms with Crippen LogP contribution in [0.3, 0.4) is 0 Å². The summed E-state index contributed by atoms with van der Waals surface area (Å²) in [5.41, 5.74) is 4.28. The molecule has 6 rings (SSSR count). The Bertz CT molecular complexity index is 1170. The van der Waals surface area contributed by atoms with Crippen LogP contribution in [0, 0.1) is 23.7 Å². The molecule has 7 heteroatoms. The Kier molecular flexibility index (Phi) is 8.65. The summed E-state index contributed by atoms with van der Waals surface area (Å²) in [6.45, 7) is 2.88.